The van der Waals surface area contributed by atoms with E-state index < -0.39 is 24.4 Å². The van der Waals surface area contributed by atoms with E-state index in [0.717, 1.165) is 23.0 Å². The maximum absolute atomic E-state index is 14.4. The van der Waals surface area contributed by atoms with E-state index in [1.807, 2.05) is 0 Å². The number of rotatable bonds is 3. The zero-order valence-corrected chi connectivity index (χ0v) is 13.1. The molecule has 3 rings (SSSR count). The summed E-state index contributed by atoms with van der Waals surface area (Å²) in [7, 11) is 0. The number of nitrogens with one attached hydrogen (secondary N) is 1. The normalized spacial score (nSPS) is 12.0. The van der Waals surface area contributed by atoms with Gasteiger partial charge in [-0.2, -0.15) is 27.8 Å². The van der Waals surface area contributed by atoms with E-state index in [2.05, 4.69) is 20.4 Å². The largest absolute Gasteiger partial charge is 0.405 e. The highest BCUT2D eigenvalue weighted by atomic mass is 19.4. The molecule has 0 spiro atoms. The van der Waals surface area contributed by atoms with Gasteiger partial charge in [0.05, 0.1) is 5.69 Å². The summed E-state index contributed by atoms with van der Waals surface area (Å²) in [5, 5.41) is 6.00. The highest BCUT2D eigenvalue weighted by Crippen LogP contribution is 2.34. The SMILES string of the molecule is Cc1cc(F)c(-c2c(C)nc3ncnn3c2NCC(F)(F)F)cc1F. The Hall–Kier alpha value is -2.78. The number of anilines is 1. The molecule has 0 unspecified atom stereocenters. The minimum absolute atomic E-state index is 0.0151. The topological polar surface area (TPSA) is 55.1 Å². The Morgan fingerprint density at radius 2 is 1.84 bits per heavy atom. The lowest BCUT2D eigenvalue weighted by atomic mass is 10.0. The first-order valence-corrected chi connectivity index (χ1v) is 7.14. The van der Waals surface area contributed by atoms with E-state index in [4.69, 9.17) is 0 Å². The van der Waals surface area contributed by atoms with Crippen LogP contribution in [0.25, 0.3) is 16.9 Å². The van der Waals surface area contributed by atoms with Crippen molar-refractivity contribution in [2.75, 3.05) is 11.9 Å². The smallest absolute Gasteiger partial charge is 0.360 e. The fourth-order valence-electron chi connectivity index (χ4n) is 2.46. The molecule has 2 heterocycles. The molecule has 0 bridgehead atoms. The molecule has 1 aromatic carbocycles. The van der Waals surface area contributed by atoms with Gasteiger partial charge < -0.3 is 5.32 Å². The van der Waals surface area contributed by atoms with Gasteiger partial charge in [-0.25, -0.2) is 13.8 Å². The quantitative estimate of drug-likeness (QED) is 0.727. The van der Waals surface area contributed by atoms with Gasteiger partial charge in [-0.1, -0.05) is 0 Å². The van der Waals surface area contributed by atoms with Gasteiger partial charge in [-0.3, -0.25) is 0 Å². The van der Waals surface area contributed by atoms with Gasteiger partial charge in [0.15, 0.2) is 0 Å². The van der Waals surface area contributed by atoms with Crippen LogP contribution in [0.2, 0.25) is 0 Å². The average Bonchev–Trinajstić information content (AvgIpc) is 2.95. The number of hydrogen-bond acceptors (Lipinski definition) is 4. The van der Waals surface area contributed by atoms with Crippen molar-refractivity contribution in [3.63, 3.8) is 0 Å². The highest BCUT2D eigenvalue weighted by molar-refractivity contribution is 5.79. The van der Waals surface area contributed by atoms with Gasteiger partial charge in [-0.05, 0) is 31.5 Å². The summed E-state index contributed by atoms with van der Waals surface area (Å²) in [6.07, 6.45) is -3.41. The lowest BCUT2D eigenvalue weighted by Gasteiger charge is -2.17. The van der Waals surface area contributed by atoms with Crippen molar-refractivity contribution < 1.29 is 22.0 Å². The highest BCUT2D eigenvalue weighted by Gasteiger charge is 2.29. The van der Waals surface area contributed by atoms with Crippen LogP contribution in [0.15, 0.2) is 18.5 Å². The first-order valence-electron chi connectivity index (χ1n) is 7.14. The summed E-state index contributed by atoms with van der Waals surface area (Å²) >= 11 is 0. The number of benzene rings is 1. The van der Waals surface area contributed by atoms with Crippen LogP contribution in [0, 0.1) is 25.5 Å². The van der Waals surface area contributed by atoms with Gasteiger partial charge in [0.25, 0.3) is 5.78 Å². The molecule has 132 valence electrons. The Labute approximate surface area is 138 Å². The monoisotopic (exact) mass is 357 g/mol. The molecule has 0 fully saturated rings. The first-order chi connectivity index (χ1) is 11.7. The van der Waals surface area contributed by atoms with Crippen molar-refractivity contribution in [1.29, 1.82) is 0 Å². The molecule has 0 saturated carbocycles. The molecule has 0 atom stereocenters. The van der Waals surface area contributed by atoms with Crippen LogP contribution < -0.4 is 5.32 Å². The summed E-state index contributed by atoms with van der Waals surface area (Å²) < 4.78 is 67.2. The number of alkyl halides is 3. The van der Waals surface area contributed by atoms with Crippen molar-refractivity contribution in [3.05, 3.63) is 41.4 Å². The molecule has 0 aliphatic carbocycles. The Kier molecular flexibility index (Phi) is 4.05. The lowest BCUT2D eigenvalue weighted by Crippen LogP contribution is -2.23. The number of aryl methyl sites for hydroxylation is 2. The Morgan fingerprint density at radius 1 is 1.12 bits per heavy atom. The standard InChI is InChI=1S/C15H12F5N5/c1-7-3-11(17)9(4-10(7)16)12-8(2)24-14-22-6-23-25(14)13(12)21-5-15(18,19)20/h3-4,6,21H,5H2,1-2H3. The molecule has 0 aliphatic rings. The molecular formula is C15H12F5N5. The minimum Gasteiger partial charge on any atom is -0.360 e. The van der Waals surface area contributed by atoms with Crippen LogP contribution in [0.1, 0.15) is 11.3 Å². The molecule has 25 heavy (non-hydrogen) atoms. The van der Waals surface area contributed by atoms with Gasteiger partial charge in [0.1, 0.15) is 30.3 Å². The van der Waals surface area contributed by atoms with Crippen LogP contribution in [0.3, 0.4) is 0 Å². The second kappa shape index (κ2) is 5.94. The van der Waals surface area contributed by atoms with Crippen molar-refractivity contribution in [1.82, 2.24) is 19.6 Å². The van der Waals surface area contributed by atoms with E-state index in [0.29, 0.717) is 0 Å². The van der Waals surface area contributed by atoms with Gasteiger partial charge in [0.2, 0.25) is 0 Å². The van der Waals surface area contributed by atoms with Gasteiger partial charge >= 0.3 is 6.18 Å². The molecule has 5 nitrogen and oxygen atoms in total. The third kappa shape index (κ3) is 3.24. The Morgan fingerprint density at radius 3 is 2.52 bits per heavy atom. The molecular weight excluding hydrogens is 345 g/mol. The van der Waals surface area contributed by atoms with Gasteiger partial charge in [0, 0.05) is 11.1 Å². The molecule has 1 N–H and O–H groups in total. The summed E-state index contributed by atoms with van der Waals surface area (Å²) in [4.78, 5) is 7.91. The van der Waals surface area contributed by atoms with Crippen molar-refractivity contribution in [2.45, 2.75) is 20.0 Å². The van der Waals surface area contributed by atoms with Gasteiger partial charge in [-0.15, -0.1) is 0 Å². The predicted molar refractivity (Wildman–Crippen MR) is 80.2 cm³/mol. The second-order valence-corrected chi connectivity index (χ2v) is 5.44. The molecule has 0 radical (unpaired) electrons. The van der Waals surface area contributed by atoms with E-state index in [1.165, 1.54) is 13.8 Å². The summed E-state index contributed by atoms with van der Waals surface area (Å²) in [6, 6.07) is 1.90. The van der Waals surface area contributed by atoms with Crippen molar-refractivity contribution in [3.8, 4) is 11.1 Å². The summed E-state index contributed by atoms with van der Waals surface area (Å²) in [5.41, 5.74) is 0.0413. The van der Waals surface area contributed by atoms with Crippen LogP contribution in [-0.4, -0.2) is 32.3 Å². The maximum atomic E-state index is 14.4. The molecule has 3 aromatic rings. The van der Waals surface area contributed by atoms with Crippen molar-refractivity contribution in [2.24, 2.45) is 0 Å². The summed E-state index contributed by atoms with van der Waals surface area (Å²) in [5.74, 6) is -1.59. The first kappa shape index (κ1) is 17.1. The van der Waals surface area contributed by atoms with Crippen LogP contribution in [0.4, 0.5) is 27.8 Å². The van der Waals surface area contributed by atoms with Crippen LogP contribution in [-0.2, 0) is 0 Å². The molecule has 10 heteroatoms. The summed E-state index contributed by atoms with van der Waals surface area (Å²) in [6.45, 7) is 1.48. The fraction of sp³-hybridized carbons (Fsp3) is 0.267. The third-order valence-electron chi connectivity index (χ3n) is 3.58. The number of fused-ring (bicyclic) bond motifs is 1. The number of aromatic nitrogens is 4. The molecule has 0 amide bonds. The average molecular weight is 357 g/mol. The number of halogens is 5. The molecule has 0 saturated heterocycles. The van der Waals surface area contributed by atoms with Crippen LogP contribution in [0.5, 0.6) is 0 Å². The van der Waals surface area contributed by atoms with Crippen molar-refractivity contribution >= 4 is 11.6 Å². The molecule has 2 aromatic heterocycles. The van der Waals surface area contributed by atoms with E-state index in [1.54, 1.807) is 0 Å². The number of hydrogen-bond donors (Lipinski definition) is 1. The third-order valence-corrected chi connectivity index (χ3v) is 3.58. The number of nitrogens with zero attached hydrogens (tertiary/aromatic N) is 4. The minimum atomic E-state index is -4.52. The zero-order chi connectivity index (χ0) is 18.4. The Bertz CT molecular complexity index is 948. The van der Waals surface area contributed by atoms with E-state index >= 15 is 0 Å². The van der Waals surface area contributed by atoms with E-state index in [9.17, 15) is 22.0 Å². The predicted octanol–water partition coefficient (Wildman–Crippen LogP) is 3.66. The van der Waals surface area contributed by atoms with Crippen LogP contribution >= 0.6 is 0 Å². The molecule has 0 aliphatic heterocycles. The Balaban J connectivity index is 2.26. The lowest BCUT2D eigenvalue weighted by molar-refractivity contribution is -0.115. The maximum Gasteiger partial charge on any atom is 0.405 e. The fourth-order valence-corrected chi connectivity index (χ4v) is 2.46. The second-order valence-electron chi connectivity index (χ2n) is 5.44. The zero-order valence-electron chi connectivity index (χ0n) is 13.1. The van der Waals surface area contributed by atoms with E-state index in [-0.39, 0.29) is 34.0 Å².